The molecule has 4 N–H and O–H groups in total. The van der Waals surface area contributed by atoms with E-state index in [1.54, 1.807) is 27.7 Å². The molecule has 3 rings (SSSR count). The molecule has 0 aromatic carbocycles. The van der Waals surface area contributed by atoms with Crippen molar-refractivity contribution >= 4 is 11.8 Å². The normalized spacial score (nSPS) is 29.5. The largest absolute Gasteiger partial charge is 0.394 e. The van der Waals surface area contributed by atoms with Crippen molar-refractivity contribution < 1.29 is 28.9 Å². The first-order chi connectivity index (χ1) is 13.1. The summed E-state index contributed by atoms with van der Waals surface area (Å²) in [6, 6.07) is 0.649. The minimum Gasteiger partial charge on any atom is -0.394 e. The monoisotopic (exact) mass is 398 g/mol. The highest BCUT2D eigenvalue weighted by atomic mass is 16.8. The fourth-order valence-electron chi connectivity index (χ4n) is 3.14. The molecular formula is C17H26N4O7. The summed E-state index contributed by atoms with van der Waals surface area (Å²) in [6.45, 7) is 6.80. The first kappa shape index (κ1) is 20.7. The van der Waals surface area contributed by atoms with Gasteiger partial charge in [-0.2, -0.15) is 4.98 Å². The summed E-state index contributed by atoms with van der Waals surface area (Å²) in [7, 11) is 0. The van der Waals surface area contributed by atoms with Gasteiger partial charge in [0.1, 0.15) is 24.4 Å². The minimum atomic E-state index is -0.854. The van der Waals surface area contributed by atoms with Gasteiger partial charge in [-0.1, -0.05) is 13.8 Å². The van der Waals surface area contributed by atoms with Crippen molar-refractivity contribution in [2.75, 3.05) is 12.1 Å². The average molecular weight is 398 g/mol. The third kappa shape index (κ3) is 4.03. The number of nitrogens with one attached hydrogen (secondary N) is 1. The number of fused-ring (bicyclic) bond motifs is 1. The molecule has 0 amide bonds. The van der Waals surface area contributed by atoms with E-state index in [4.69, 9.17) is 24.8 Å². The van der Waals surface area contributed by atoms with E-state index in [2.05, 4.69) is 10.5 Å². The number of nitrogens with zero attached hydrogens (tertiary/aromatic N) is 2. The lowest BCUT2D eigenvalue weighted by Crippen LogP contribution is -2.38. The summed E-state index contributed by atoms with van der Waals surface area (Å²) in [5, 5.41) is 9.53. The van der Waals surface area contributed by atoms with E-state index in [0.717, 1.165) is 0 Å². The molecule has 0 spiro atoms. The average Bonchev–Trinajstić information content (AvgIpc) is 3.11. The molecule has 0 aliphatic carbocycles. The molecule has 1 aromatic heterocycles. The quantitative estimate of drug-likeness (QED) is 0.536. The molecule has 5 atom stereocenters. The van der Waals surface area contributed by atoms with Gasteiger partial charge in [0.05, 0.1) is 6.61 Å². The number of aliphatic hydroxyl groups is 1. The zero-order valence-corrected chi connectivity index (χ0v) is 16.2. The van der Waals surface area contributed by atoms with Gasteiger partial charge < -0.3 is 29.9 Å². The number of nitrogens with two attached hydrogens (primary N) is 1. The van der Waals surface area contributed by atoms with Crippen LogP contribution < -0.4 is 16.9 Å². The number of aliphatic hydroxyl groups excluding tert-OH is 1. The van der Waals surface area contributed by atoms with Crippen molar-refractivity contribution in [2.24, 2.45) is 11.7 Å². The van der Waals surface area contributed by atoms with Crippen LogP contribution in [0.3, 0.4) is 0 Å². The highest BCUT2D eigenvalue weighted by Gasteiger charge is 2.55. The Morgan fingerprint density at radius 2 is 2.11 bits per heavy atom. The molecule has 11 nitrogen and oxygen atoms in total. The molecular weight excluding hydrogens is 372 g/mol. The zero-order valence-electron chi connectivity index (χ0n) is 16.2. The molecule has 0 radical (unpaired) electrons. The van der Waals surface area contributed by atoms with Crippen LogP contribution in [0.2, 0.25) is 0 Å². The standard InChI is InChI=1S/C17H26N4O7/c1-8(2)11(18)15(23)28-20-10-5-6-21(16(24)19-10)14-13-12(9(7-22)25-14)26-17(3,4)27-13/h5-6,8-9,11-14,22H,7,18H2,1-4H3,(H,19,20,24)/t9-,11+,12-,13-,14-/m1/s1. The fourth-order valence-corrected chi connectivity index (χ4v) is 3.14. The molecule has 0 bridgehead atoms. The lowest BCUT2D eigenvalue weighted by Gasteiger charge is -2.24. The number of aromatic nitrogens is 2. The van der Waals surface area contributed by atoms with Gasteiger partial charge in [0.15, 0.2) is 17.8 Å². The van der Waals surface area contributed by atoms with Gasteiger partial charge in [0.2, 0.25) is 0 Å². The molecule has 1 aromatic rings. The Morgan fingerprint density at radius 1 is 1.43 bits per heavy atom. The highest BCUT2D eigenvalue weighted by molar-refractivity contribution is 5.76. The van der Waals surface area contributed by atoms with Gasteiger partial charge >= 0.3 is 11.7 Å². The van der Waals surface area contributed by atoms with E-state index in [-0.39, 0.29) is 18.3 Å². The maximum absolute atomic E-state index is 12.5. The predicted molar refractivity (Wildman–Crippen MR) is 95.8 cm³/mol. The van der Waals surface area contributed by atoms with Crippen LogP contribution in [0.4, 0.5) is 5.82 Å². The highest BCUT2D eigenvalue weighted by Crippen LogP contribution is 2.42. The van der Waals surface area contributed by atoms with Crippen LogP contribution >= 0.6 is 0 Å². The van der Waals surface area contributed by atoms with Gasteiger partial charge in [0.25, 0.3) is 0 Å². The Bertz CT molecular complexity index is 781. The Labute approximate surface area is 161 Å². The van der Waals surface area contributed by atoms with E-state index in [9.17, 15) is 14.7 Å². The van der Waals surface area contributed by atoms with Gasteiger partial charge in [0, 0.05) is 12.3 Å². The number of ether oxygens (including phenoxy) is 3. The molecule has 2 aliphatic rings. The smallest absolute Gasteiger partial charge is 0.351 e. The van der Waals surface area contributed by atoms with E-state index in [1.807, 2.05) is 0 Å². The van der Waals surface area contributed by atoms with Crippen molar-refractivity contribution in [2.45, 2.75) is 64.1 Å². The van der Waals surface area contributed by atoms with Gasteiger partial charge in [-0.25, -0.2) is 15.1 Å². The van der Waals surface area contributed by atoms with Gasteiger partial charge in [-0.15, -0.1) is 0 Å². The molecule has 0 saturated carbocycles. The summed E-state index contributed by atoms with van der Waals surface area (Å²) >= 11 is 0. The third-order valence-corrected chi connectivity index (χ3v) is 4.66. The van der Waals surface area contributed by atoms with Gasteiger partial charge in [-0.3, -0.25) is 4.57 Å². The molecule has 2 fully saturated rings. The van der Waals surface area contributed by atoms with Crippen LogP contribution in [0.1, 0.15) is 33.9 Å². The topological polar surface area (TPSA) is 147 Å². The lowest BCUT2D eigenvalue weighted by molar-refractivity contribution is -0.200. The molecule has 11 heteroatoms. The number of hydrogen-bond acceptors (Lipinski definition) is 10. The minimum absolute atomic E-state index is 0.0442. The summed E-state index contributed by atoms with van der Waals surface area (Å²) in [4.78, 5) is 32.9. The van der Waals surface area contributed by atoms with Crippen LogP contribution in [-0.4, -0.2) is 57.4 Å². The summed E-state index contributed by atoms with van der Waals surface area (Å²) in [5.41, 5.74) is 7.37. The second-order valence-corrected chi connectivity index (χ2v) is 7.61. The second kappa shape index (κ2) is 7.76. The van der Waals surface area contributed by atoms with Crippen molar-refractivity contribution in [3.63, 3.8) is 0 Å². The Kier molecular flexibility index (Phi) is 5.73. The number of rotatable bonds is 6. The maximum Gasteiger partial charge on any atom is 0.351 e. The summed E-state index contributed by atoms with van der Waals surface area (Å²) in [6.07, 6.45) is -1.08. The van der Waals surface area contributed by atoms with Crippen LogP contribution in [-0.2, 0) is 23.8 Å². The predicted octanol–water partition coefficient (Wildman–Crippen LogP) is -0.493. The van der Waals surface area contributed by atoms with Crippen LogP contribution in [0.25, 0.3) is 0 Å². The molecule has 2 aliphatic heterocycles. The first-order valence-electron chi connectivity index (χ1n) is 9.06. The number of hydrogen-bond donors (Lipinski definition) is 3. The van der Waals surface area contributed by atoms with Gasteiger partial charge in [-0.05, 0) is 19.8 Å². The fraction of sp³-hybridized carbons (Fsp3) is 0.706. The summed E-state index contributed by atoms with van der Waals surface area (Å²) < 4.78 is 18.6. The lowest BCUT2D eigenvalue weighted by atomic mass is 10.1. The van der Waals surface area contributed by atoms with Crippen LogP contribution in [0.15, 0.2) is 17.1 Å². The van der Waals surface area contributed by atoms with Crippen LogP contribution in [0.5, 0.6) is 0 Å². The van der Waals surface area contributed by atoms with E-state index in [1.165, 1.54) is 16.8 Å². The maximum atomic E-state index is 12.5. The third-order valence-electron chi connectivity index (χ3n) is 4.66. The van der Waals surface area contributed by atoms with Crippen molar-refractivity contribution in [3.8, 4) is 0 Å². The number of carbonyl (C=O) groups excluding carboxylic acids is 1. The molecule has 0 unspecified atom stereocenters. The van der Waals surface area contributed by atoms with E-state index < -0.39 is 48.0 Å². The molecule has 3 heterocycles. The van der Waals surface area contributed by atoms with Crippen molar-refractivity contribution in [1.29, 1.82) is 0 Å². The van der Waals surface area contributed by atoms with Crippen LogP contribution in [0, 0.1) is 5.92 Å². The van der Waals surface area contributed by atoms with Crippen molar-refractivity contribution in [1.82, 2.24) is 9.55 Å². The Balaban J connectivity index is 1.72. The van der Waals surface area contributed by atoms with Crippen molar-refractivity contribution in [3.05, 3.63) is 22.7 Å². The molecule has 156 valence electrons. The second-order valence-electron chi connectivity index (χ2n) is 7.61. The molecule has 28 heavy (non-hydrogen) atoms. The first-order valence-corrected chi connectivity index (χ1v) is 9.06. The van der Waals surface area contributed by atoms with E-state index >= 15 is 0 Å². The number of carbonyl (C=O) groups is 1. The Hall–Kier alpha value is -2.05. The zero-order chi connectivity index (χ0) is 20.6. The Morgan fingerprint density at radius 3 is 2.71 bits per heavy atom. The molecule has 2 saturated heterocycles. The van der Waals surface area contributed by atoms with E-state index in [0.29, 0.717) is 0 Å². The number of anilines is 1. The summed E-state index contributed by atoms with van der Waals surface area (Å²) in [5.74, 6) is -1.57. The SMILES string of the molecule is CC(C)[C@H](N)C(=O)ONc1ccn([C@@H]2O[C@H](CO)[C@H]3OC(C)(C)O[C@H]32)c(=O)n1.